The van der Waals surface area contributed by atoms with Crippen LogP contribution in [0.3, 0.4) is 0 Å². The maximum Gasteiger partial charge on any atom is 0.306 e. The van der Waals surface area contributed by atoms with Crippen LogP contribution in [-0.2, 0) is 16.1 Å². The van der Waals surface area contributed by atoms with E-state index in [0.717, 1.165) is 5.56 Å². The Labute approximate surface area is 117 Å². The molecule has 106 valence electrons. The van der Waals surface area contributed by atoms with E-state index in [2.05, 4.69) is 14.9 Å². The van der Waals surface area contributed by atoms with Crippen molar-refractivity contribution in [2.24, 2.45) is 0 Å². The molecule has 0 N–H and O–H groups in total. The molecule has 0 atom stereocenters. The monoisotopic (exact) mass is 275 g/mol. The zero-order chi connectivity index (χ0) is 14.4. The third kappa shape index (κ3) is 3.89. The Balaban J connectivity index is 1.91. The summed E-state index contributed by atoms with van der Waals surface area (Å²) in [6, 6.07) is 9.64. The standard InChI is InChI=1S/C14H17N3O3/c1-17(9-8-13(18)19-2)10-12-15-14(16-20-12)11-6-4-3-5-7-11/h3-7H,8-10H2,1-2H3. The predicted molar refractivity (Wildman–Crippen MR) is 72.7 cm³/mol. The smallest absolute Gasteiger partial charge is 0.306 e. The van der Waals surface area contributed by atoms with Crippen LogP contribution in [0.5, 0.6) is 0 Å². The van der Waals surface area contributed by atoms with Crippen LogP contribution < -0.4 is 0 Å². The van der Waals surface area contributed by atoms with Gasteiger partial charge in [-0.3, -0.25) is 9.69 Å². The summed E-state index contributed by atoms with van der Waals surface area (Å²) in [6.45, 7) is 1.08. The second-order valence-corrected chi connectivity index (χ2v) is 4.44. The summed E-state index contributed by atoms with van der Waals surface area (Å²) >= 11 is 0. The van der Waals surface area contributed by atoms with E-state index in [4.69, 9.17) is 4.52 Å². The molecule has 0 radical (unpaired) electrons. The van der Waals surface area contributed by atoms with Crippen LogP contribution >= 0.6 is 0 Å². The third-order valence-electron chi connectivity index (χ3n) is 2.83. The van der Waals surface area contributed by atoms with Crippen molar-refractivity contribution in [3.63, 3.8) is 0 Å². The Morgan fingerprint density at radius 3 is 2.80 bits per heavy atom. The fourth-order valence-electron chi connectivity index (χ4n) is 1.72. The number of rotatable bonds is 6. The zero-order valence-corrected chi connectivity index (χ0v) is 11.6. The van der Waals surface area contributed by atoms with Crippen LogP contribution in [-0.4, -0.2) is 41.7 Å². The summed E-state index contributed by atoms with van der Waals surface area (Å²) in [5.74, 6) is 0.866. The minimum absolute atomic E-state index is 0.229. The number of carbonyl (C=O) groups excluding carboxylic acids is 1. The molecule has 0 aliphatic heterocycles. The van der Waals surface area contributed by atoms with Crippen LogP contribution in [0.1, 0.15) is 12.3 Å². The van der Waals surface area contributed by atoms with E-state index < -0.39 is 0 Å². The topological polar surface area (TPSA) is 68.5 Å². The minimum Gasteiger partial charge on any atom is -0.469 e. The number of benzene rings is 1. The van der Waals surface area contributed by atoms with E-state index in [0.29, 0.717) is 31.2 Å². The van der Waals surface area contributed by atoms with Crippen LogP contribution in [0.25, 0.3) is 11.4 Å². The molecule has 0 aliphatic rings. The fraction of sp³-hybridized carbons (Fsp3) is 0.357. The van der Waals surface area contributed by atoms with E-state index in [-0.39, 0.29) is 5.97 Å². The second kappa shape index (κ2) is 6.81. The number of esters is 1. The molecule has 0 aliphatic carbocycles. The van der Waals surface area contributed by atoms with Crippen LogP contribution in [0, 0.1) is 0 Å². The molecule has 0 saturated heterocycles. The summed E-state index contributed by atoms with van der Waals surface area (Å²) in [5, 5.41) is 3.95. The highest BCUT2D eigenvalue weighted by Crippen LogP contribution is 2.15. The normalized spacial score (nSPS) is 10.8. The van der Waals surface area contributed by atoms with Gasteiger partial charge >= 0.3 is 5.97 Å². The molecule has 0 bridgehead atoms. The molecular weight excluding hydrogens is 258 g/mol. The van der Waals surface area contributed by atoms with Gasteiger partial charge in [-0.15, -0.1) is 0 Å². The van der Waals surface area contributed by atoms with Crippen molar-refractivity contribution < 1.29 is 14.1 Å². The highest BCUT2D eigenvalue weighted by molar-refractivity contribution is 5.69. The highest BCUT2D eigenvalue weighted by atomic mass is 16.5. The number of ether oxygens (including phenoxy) is 1. The average molecular weight is 275 g/mol. The quantitative estimate of drug-likeness (QED) is 0.748. The number of aromatic nitrogens is 2. The molecule has 0 saturated carbocycles. The number of hydrogen-bond donors (Lipinski definition) is 0. The zero-order valence-electron chi connectivity index (χ0n) is 11.6. The van der Waals surface area contributed by atoms with Crippen molar-refractivity contribution in [2.75, 3.05) is 20.7 Å². The molecule has 6 heteroatoms. The molecule has 6 nitrogen and oxygen atoms in total. The van der Waals surface area contributed by atoms with Crippen molar-refractivity contribution in [1.29, 1.82) is 0 Å². The Morgan fingerprint density at radius 2 is 2.10 bits per heavy atom. The van der Waals surface area contributed by atoms with Gasteiger partial charge in [0.05, 0.1) is 20.1 Å². The van der Waals surface area contributed by atoms with Crippen LogP contribution in [0.4, 0.5) is 0 Å². The molecule has 1 heterocycles. The van der Waals surface area contributed by atoms with Crippen molar-refractivity contribution in [2.45, 2.75) is 13.0 Å². The highest BCUT2D eigenvalue weighted by Gasteiger charge is 2.11. The molecule has 1 aromatic heterocycles. The summed E-state index contributed by atoms with van der Waals surface area (Å²) < 4.78 is 9.80. The summed E-state index contributed by atoms with van der Waals surface area (Å²) in [6.07, 6.45) is 0.340. The van der Waals surface area contributed by atoms with Gasteiger partial charge in [-0.05, 0) is 7.05 Å². The fourth-order valence-corrected chi connectivity index (χ4v) is 1.72. The number of nitrogens with zero attached hydrogens (tertiary/aromatic N) is 3. The maximum absolute atomic E-state index is 11.1. The van der Waals surface area contributed by atoms with E-state index >= 15 is 0 Å². The molecule has 2 aromatic rings. The first kappa shape index (κ1) is 14.2. The summed E-state index contributed by atoms with van der Waals surface area (Å²) in [4.78, 5) is 17.3. The van der Waals surface area contributed by atoms with Gasteiger partial charge in [0.2, 0.25) is 11.7 Å². The molecule has 0 spiro atoms. The van der Waals surface area contributed by atoms with Crippen LogP contribution in [0.15, 0.2) is 34.9 Å². The van der Waals surface area contributed by atoms with Gasteiger partial charge in [0.1, 0.15) is 0 Å². The predicted octanol–water partition coefficient (Wildman–Crippen LogP) is 1.73. The number of hydrogen-bond acceptors (Lipinski definition) is 6. The lowest BCUT2D eigenvalue weighted by Crippen LogP contribution is -2.22. The largest absolute Gasteiger partial charge is 0.469 e. The maximum atomic E-state index is 11.1. The average Bonchev–Trinajstić information content (AvgIpc) is 2.94. The minimum atomic E-state index is -0.229. The van der Waals surface area contributed by atoms with Gasteiger partial charge in [-0.2, -0.15) is 4.98 Å². The number of methoxy groups -OCH3 is 1. The van der Waals surface area contributed by atoms with E-state index in [9.17, 15) is 4.79 Å². The van der Waals surface area contributed by atoms with Gasteiger partial charge in [-0.25, -0.2) is 0 Å². The first-order valence-corrected chi connectivity index (χ1v) is 6.32. The third-order valence-corrected chi connectivity index (χ3v) is 2.83. The number of carbonyl (C=O) groups is 1. The van der Waals surface area contributed by atoms with E-state index in [1.165, 1.54) is 7.11 Å². The second-order valence-electron chi connectivity index (χ2n) is 4.44. The van der Waals surface area contributed by atoms with Gasteiger partial charge < -0.3 is 9.26 Å². The lowest BCUT2D eigenvalue weighted by atomic mass is 10.2. The Bertz CT molecular complexity index is 554. The van der Waals surface area contributed by atoms with Crippen molar-refractivity contribution in [3.05, 3.63) is 36.2 Å². The van der Waals surface area contributed by atoms with Crippen molar-refractivity contribution in [3.8, 4) is 11.4 Å². The van der Waals surface area contributed by atoms with Gasteiger partial charge in [0.15, 0.2) is 0 Å². The van der Waals surface area contributed by atoms with Crippen LogP contribution in [0.2, 0.25) is 0 Å². The summed E-state index contributed by atoms with van der Waals surface area (Å²) in [5.41, 5.74) is 0.916. The molecular formula is C14H17N3O3. The molecule has 0 fully saturated rings. The van der Waals surface area contributed by atoms with Gasteiger partial charge in [-0.1, -0.05) is 35.5 Å². The first-order chi connectivity index (χ1) is 9.69. The van der Waals surface area contributed by atoms with E-state index in [1.54, 1.807) is 0 Å². The molecule has 20 heavy (non-hydrogen) atoms. The molecule has 0 amide bonds. The Kier molecular flexibility index (Phi) is 4.84. The molecule has 0 unspecified atom stereocenters. The lowest BCUT2D eigenvalue weighted by Gasteiger charge is -2.12. The lowest BCUT2D eigenvalue weighted by molar-refractivity contribution is -0.140. The SMILES string of the molecule is COC(=O)CCN(C)Cc1nc(-c2ccccc2)no1. The van der Waals surface area contributed by atoms with Crippen molar-refractivity contribution in [1.82, 2.24) is 15.0 Å². The van der Waals surface area contributed by atoms with Gasteiger partial charge in [0.25, 0.3) is 0 Å². The first-order valence-electron chi connectivity index (χ1n) is 6.32. The molecule has 2 rings (SSSR count). The molecule has 1 aromatic carbocycles. The van der Waals surface area contributed by atoms with Gasteiger partial charge in [0, 0.05) is 12.1 Å². The Morgan fingerprint density at radius 1 is 1.35 bits per heavy atom. The summed E-state index contributed by atoms with van der Waals surface area (Å²) in [7, 11) is 3.27. The Hall–Kier alpha value is -2.21. The van der Waals surface area contributed by atoms with E-state index in [1.807, 2.05) is 42.3 Å². The van der Waals surface area contributed by atoms with Crippen molar-refractivity contribution >= 4 is 5.97 Å².